The molecule has 4 heterocycles. The summed E-state index contributed by atoms with van der Waals surface area (Å²) in [5.41, 5.74) is 9.93. The predicted molar refractivity (Wildman–Crippen MR) is 272 cm³/mol. The number of para-hydroxylation sites is 2. The van der Waals surface area contributed by atoms with Gasteiger partial charge in [-0.15, -0.1) is 0 Å². The highest BCUT2D eigenvalue weighted by Crippen LogP contribution is 2.46. The van der Waals surface area contributed by atoms with Crippen LogP contribution in [0.5, 0.6) is 0 Å². The molecule has 0 saturated heterocycles. The first-order valence-electron chi connectivity index (χ1n) is 22.6. The molecule has 0 bridgehead atoms. The van der Waals surface area contributed by atoms with Crippen LogP contribution < -0.4 is 0 Å². The number of halogens is 3. The molecule has 9 heteroatoms. The summed E-state index contributed by atoms with van der Waals surface area (Å²) >= 11 is 0. The van der Waals surface area contributed by atoms with E-state index in [1.165, 1.54) is 12.1 Å². The van der Waals surface area contributed by atoms with Crippen LogP contribution in [0, 0.1) is 22.7 Å². The maximum atomic E-state index is 15.2. The molecule has 0 unspecified atom stereocenters. The monoisotopic (exact) mass is 908 g/mol. The molecule has 12 aromatic rings. The van der Waals surface area contributed by atoms with Gasteiger partial charge in [-0.1, -0.05) is 127 Å². The van der Waals surface area contributed by atoms with Gasteiger partial charge in [0.15, 0.2) is 0 Å². The van der Waals surface area contributed by atoms with Crippen molar-refractivity contribution in [1.82, 2.24) is 19.1 Å². The van der Waals surface area contributed by atoms with Gasteiger partial charge in [0.2, 0.25) is 0 Å². The Labute approximate surface area is 399 Å². The number of fused-ring (bicyclic) bond motifs is 6. The molecule has 12 rings (SSSR count). The third-order valence-electron chi connectivity index (χ3n) is 13.1. The van der Waals surface area contributed by atoms with Crippen molar-refractivity contribution in [3.8, 4) is 79.4 Å². The second-order valence-corrected chi connectivity index (χ2v) is 17.1. The molecule has 0 aliphatic carbocycles. The van der Waals surface area contributed by atoms with Crippen LogP contribution in [0.1, 0.15) is 16.7 Å². The lowest BCUT2D eigenvalue weighted by Gasteiger charge is -2.21. The second-order valence-electron chi connectivity index (χ2n) is 17.1. The highest BCUT2D eigenvalue weighted by Gasteiger charge is 2.36. The summed E-state index contributed by atoms with van der Waals surface area (Å²) in [6.45, 7) is 0. The molecule has 8 aromatic carbocycles. The number of benzene rings is 8. The molecule has 6 nitrogen and oxygen atoms in total. The van der Waals surface area contributed by atoms with Crippen LogP contribution in [0.4, 0.5) is 13.2 Å². The zero-order valence-electron chi connectivity index (χ0n) is 37.0. The molecule has 0 fully saturated rings. The van der Waals surface area contributed by atoms with E-state index in [0.717, 1.165) is 94.4 Å². The Kier molecular flexibility index (Phi) is 9.94. The summed E-state index contributed by atoms with van der Waals surface area (Å²) in [6.07, 6.45) is -1.25. The average molecular weight is 909 g/mol. The zero-order valence-corrected chi connectivity index (χ0v) is 37.0. The maximum absolute atomic E-state index is 15.2. The van der Waals surface area contributed by atoms with Crippen molar-refractivity contribution in [2.75, 3.05) is 0 Å². The standard InChI is InChI=1S/C61H35F3N6/c62-61(63,64)51-19-11-16-44(36-65)60(51)50-35-59(70-55-21-10-8-18-47(55)49-25-23-41(33-57(49)70)43-27-29-68-53(31-43)39-14-5-2-6-15-39)58(34-45(50)37-66)69-54-20-9-7-17-46(54)48-24-22-40(32-56(48)69)42-26-28-67-52(30-42)38-12-3-1-4-13-38/h1-35H. The van der Waals surface area contributed by atoms with Gasteiger partial charge in [0.25, 0.3) is 0 Å². The van der Waals surface area contributed by atoms with Crippen molar-refractivity contribution in [2.24, 2.45) is 0 Å². The molecule has 4 aromatic heterocycles. The molecule has 0 radical (unpaired) electrons. The Hall–Kier alpha value is -9.57. The van der Waals surface area contributed by atoms with E-state index < -0.39 is 11.7 Å². The van der Waals surface area contributed by atoms with Crippen molar-refractivity contribution in [3.05, 3.63) is 229 Å². The fraction of sp³-hybridized carbons (Fsp3) is 0.0164. The Morgan fingerprint density at radius 2 is 0.843 bits per heavy atom. The SMILES string of the molecule is N#Cc1cc(-n2c3ccccc3c3ccc(-c4ccnc(-c5ccccc5)c4)cc32)c(-n2c3ccccc3c3ccc(-c4ccnc(-c5ccccc5)c4)cc32)cc1-c1c(C#N)cccc1C(F)(F)F. The molecule has 70 heavy (non-hydrogen) atoms. The summed E-state index contributed by atoms with van der Waals surface area (Å²) in [5.74, 6) is 0. The van der Waals surface area contributed by atoms with E-state index in [1.807, 2.05) is 127 Å². The van der Waals surface area contributed by atoms with Crippen LogP contribution in [0.3, 0.4) is 0 Å². The fourth-order valence-corrected chi connectivity index (χ4v) is 9.98. The Balaban J connectivity index is 1.19. The molecular formula is C61H35F3N6. The van der Waals surface area contributed by atoms with E-state index in [2.05, 4.69) is 73.7 Å². The molecule has 0 amide bonds. The molecule has 0 spiro atoms. The minimum absolute atomic E-state index is 0.0128. The topological polar surface area (TPSA) is 83.2 Å². The van der Waals surface area contributed by atoms with E-state index in [4.69, 9.17) is 0 Å². The van der Waals surface area contributed by atoms with E-state index in [-0.39, 0.29) is 22.3 Å². The Bertz CT molecular complexity index is 4140. The van der Waals surface area contributed by atoms with Gasteiger partial charge in [0.1, 0.15) is 0 Å². The highest BCUT2D eigenvalue weighted by atomic mass is 19.4. The zero-order chi connectivity index (χ0) is 47.5. The summed E-state index contributed by atoms with van der Waals surface area (Å²) < 4.78 is 49.7. The van der Waals surface area contributed by atoms with E-state index in [1.54, 1.807) is 24.5 Å². The van der Waals surface area contributed by atoms with Gasteiger partial charge < -0.3 is 9.13 Å². The van der Waals surface area contributed by atoms with E-state index >= 15 is 13.2 Å². The number of hydrogen-bond acceptors (Lipinski definition) is 4. The predicted octanol–water partition coefficient (Wildman–Crippen LogP) is 15.8. The van der Waals surface area contributed by atoms with Crippen LogP contribution in [0.25, 0.3) is 111 Å². The molecule has 0 aliphatic heterocycles. The highest BCUT2D eigenvalue weighted by molar-refractivity contribution is 6.13. The summed E-state index contributed by atoms with van der Waals surface area (Å²) in [6, 6.07) is 67.6. The van der Waals surface area contributed by atoms with Gasteiger partial charge in [-0.2, -0.15) is 23.7 Å². The van der Waals surface area contributed by atoms with E-state index in [9.17, 15) is 10.5 Å². The van der Waals surface area contributed by atoms with Gasteiger partial charge in [-0.25, -0.2) is 0 Å². The van der Waals surface area contributed by atoms with Crippen LogP contribution >= 0.6 is 0 Å². The number of aromatic nitrogens is 4. The van der Waals surface area contributed by atoms with Crippen molar-refractivity contribution < 1.29 is 13.2 Å². The van der Waals surface area contributed by atoms with Gasteiger partial charge in [-0.05, 0) is 95.1 Å². The molecule has 0 atom stereocenters. The Morgan fingerprint density at radius 1 is 0.386 bits per heavy atom. The summed E-state index contributed by atoms with van der Waals surface area (Å²) in [4.78, 5) is 9.37. The molecule has 0 aliphatic rings. The lowest BCUT2D eigenvalue weighted by atomic mass is 9.90. The largest absolute Gasteiger partial charge is 0.417 e. The fourth-order valence-electron chi connectivity index (χ4n) is 9.98. The van der Waals surface area contributed by atoms with Gasteiger partial charge in [0, 0.05) is 56.2 Å². The molecule has 0 saturated carbocycles. The molecular weight excluding hydrogens is 874 g/mol. The number of nitriles is 2. The number of alkyl halides is 3. The normalized spacial score (nSPS) is 11.6. The van der Waals surface area contributed by atoms with Crippen LogP contribution in [0.2, 0.25) is 0 Å². The Morgan fingerprint density at radius 3 is 1.34 bits per heavy atom. The second kappa shape index (κ2) is 16.6. The first kappa shape index (κ1) is 41.8. The minimum atomic E-state index is -4.84. The third kappa shape index (κ3) is 6.96. The van der Waals surface area contributed by atoms with Gasteiger partial charge in [-0.3, -0.25) is 9.97 Å². The van der Waals surface area contributed by atoms with Crippen molar-refractivity contribution >= 4 is 43.6 Å². The molecule has 330 valence electrons. The van der Waals surface area contributed by atoms with Crippen LogP contribution in [0.15, 0.2) is 213 Å². The van der Waals surface area contributed by atoms with Gasteiger partial charge >= 0.3 is 6.18 Å². The van der Waals surface area contributed by atoms with Crippen molar-refractivity contribution in [3.63, 3.8) is 0 Å². The summed E-state index contributed by atoms with van der Waals surface area (Å²) in [5, 5.41) is 25.2. The minimum Gasteiger partial charge on any atom is -0.307 e. The van der Waals surface area contributed by atoms with Crippen LogP contribution in [-0.2, 0) is 6.18 Å². The summed E-state index contributed by atoms with van der Waals surface area (Å²) in [7, 11) is 0. The number of rotatable bonds is 7. The maximum Gasteiger partial charge on any atom is 0.417 e. The van der Waals surface area contributed by atoms with Crippen LogP contribution in [-0.4, -0.2) is 19.1 Å². The van der Waals surface area contributed by atoms with Crippen molar-refractivity contribution in [2.45, 2.75) is 6.18 Å². The quantitative estimate of drug-likeness (QED) is 0.159. The first-order valence-corrected chi connectivity index (χ1v) is 22.6. The average Bonchev–Trinajstić information content (AvgIpc) is 3.92. The molecule has 0 N–H and O–H groups in total. The van der Waals surface area contributed by atoms with Gasteiger partial charge in [0.05, 0.1) is 73.7 Å². The lowest BCUT2D eigenvalue weighted by Crippen LogP contribution is -2.10. The lowest BCUT2D eigenvalue weighted by molar-refractivity contribution is -0.137. The van der Waals surface area contributed by atoms with Crippen molar-refractivity contribution in [1.29, 1.82) is 10.5 Å². The number of hydrogen-bond donors (Lipinski definition) is 0. The number of pyridine rings is 2. The van der Waals surface area contributed by atoms with E-state index in [0.29, 0.717) is 11.4 Å². The first-order chi connectivity index (χ1) is 34.3. The smallest absolute Gasteiger partial charge is 0.307 e. The third-order valence-corrected chi connectivity index (χ3v) is 13.1. The number of nitrogens with zero attached hydrogens (tertiary/aromatic N) is 6.